The number of rotatable bonds is 2. The number of carboxylic acid groups (broad SMARTS) is 1. The molecule has 0 amide bonds. The molecule has 0 saturated carbocycles. The highest BCUT2D eigenvalue weighted by atomic mass is 79.9. The Kier molecular flexibility index (Phi) is 5.07. The second kappa shape index (κ2) is 5.34. The number of phenols is 1. The second-order valence-electron chi connectivity index (χ2n) is 2.95. The molecule has 0 radical (unpaired) electrons. The predicted octanol–water partition coefficient (Wildman–Crippen LogP) is 2.29. The van der Waals surface area contributed by atoms with Crippen LogP contribution in [0.25, 0.3) is 0 Å². The standard InChI is InChI=1S/C9H10BrNO3.ClH/c1-4(11)7-6(10)3-2-5(8(7)12)9(13)14;/h2-4,12H,11H2,1H3,(H,13,14);1H/t4-;/m0./s1. The molecule has 6 heteroatoms. The summed E-state index contributed by atoms with van der Waals surface area (Å²) in [6.07, 6.45) is 0. The molecular weight excluding hydrogens is 285 g/mol. The molecule has 0 heterocycles. The third-order valence-corrected chi connectivity index (χ3v) is 2.54. The Balaban J connectivity index is 0.00000196. The quantitative estimate of drug-likeness (QED) is 0.782. The minimum atomic E-state index is -1.17. The van der Waals surface area contributed by atoms with E-state index in [2.05, 4.69) is 15.9 Å². The fraction of sp³-hybridized carbons (Fsp3) is 0.222. The molecule has 0 bridgehead atoms. The molecule has 0 spiro atoms. The number of carbonyl (C=O) groups is 1. The number of carboxylic acids is 1. The maximum Gasteiger partial charge on any atom is 0.339 e. The van der Waals surface area contributed by atoms with E-state index in [1.54, 1.807) is 13.0 Å². The van der Waals surface area contributed by atoms with Crippen molar-refractivity contribution in [3.05, 3.63) is 27.7 Å². The van der Waals surface area contributed by atoms with Gasteiger partial charge in [0.15, 0.2) is 0 Å². The van der Waals surface area contributed by atoms with E-state index in [1.165, 1.54) is 6.07 Å². The van der Waals surface area contributed by atoms with Crippen molar-refractivity contribution >= 4 is 34.3 Å². The summed E-state index contributed by atoms with van der Waals surface area (Å²) in [5, 5.41) is 18.4. The van der Waals surface area contributed by atoms with Gasteiger partial charge in [0.25, 0.3) is 0 Å². The first-order valence-electron chi connectivity index (χ1n) is 3.95. The van der Waals surface area contributed by atoms with Gasteiger partial charge in [-0.2, -0.15) is 0 Å². The molecule has 0 aliphatic rings. The molecule has 4 N–H and O–H groups in total. The highest BCUT2D eigenvalue weighted by Gasteiger charge is 2.18. The fourth-order valence-electron chi connectivity index (χ4n) is 1.19. The average molecular weight is 297 g/mol. The second-order valence-corrected chi connectivity index (χ2v) is 3.81. The highest BCUT2D eigenvalue weighted by molar-refractivity contribution is 9.10. The van der Waals surface area contributed by atoms with Crippen LogP contribution in [0.5, 0.6) is 5.75 Å². The summed E-state index contributed by atoms with van der Waals surface area (Å²) in [4.78, 5) is 10.7. The van der Waals surface area contributed by atoms with Gasteiger partial charge in [0.05, 0.1) is 0 Å². The van der Waals surface area contributed by atoms with Crippen molar-refractivity contribution in [3.8, 4) is 5.75 Å². The number of hydrogen-bond acceptors (Lipinski definition) is 3. The Labute approximate surface area is 102 Å². The number of aromatic carboxylic acids is 1. The van der Waals surface area contributed by atoms with Gasteiger partial charge in [0, 0.05) is 16.1 Å². The largest absolute Gasteiger partial charge is 0.507 e. The van der Waals surface area contributed by atoms with Crippen molar-refractivity contribution in [2.24, 2.45) is 5.73 Å². The van der Waals surface area contributed by atoms with Crippen LogP contribution in [0.1, 0.15) is 28.9 Å². The number of nitrogens with two attached hydrogens (primary N) is 1. The monoisotopic (exact) mass is 295 g/mol. The van der Waals surface area contributed by atoms with Crippen LogP contribution in [0.15, 0.2) is 16.6 Å². The molecule has 15 heavy (non-hydrogen) atoms. The van der Waals surface area contributed by atoms with Crippen LogP contribution in [0.2, 0.25) is 0 Å². The molecule has 1 atom stereocenters. The third kappa shape index (κ3) is 2.84. The molecular formula is C9H11BrClNO3. The summed E-state index contributed by atoms with van der Waals surface area (Å²) in [6.45, 7) is 1.67. The zero-order valence-corrected chi connectivity index (χ0v) is 10.3. The zero-order chi connectivity index (χ0) is 10.9. The van der Waals surface area contributed by atoms with Gasteiger partial charge in [-0.3, -0.25) is 0 Å². The van der Waals surface area contributed by atoms with Crippen molar-refractivity contribution in [2.45, 2.75) is 13.0 Å². The average Bonchev–Trinajstić information content (AvgIpc) is 2.02. The van der Waals surface area contributed by atoms with Crippen LogP contribution in [0, 0.1) is 0 Å². The van der Waals surface area contributed by atoms with Crippen LogP contribution in [0.3, 0.4) is 0 Å². The lowest BCUT2D eigenvalue weighted by Gasteiger charge is -2.12. The molecule has 0 aliphatic heterocycles. The van der Waals surface area contributed by atoms with E-state index in [0.29, 0.717) is 10.0 Å². The van der Waals surface area contributed by atoms with Gasteiger partial charge >= 0.3 is 5.97 Å². The fourth-order valence-corrected chi connectivity index (χ4v) is 1.87. The van der Waals surface area contributed by atoms with Crippen molar-refractivity contribution < 1.29 is 15.0 Å². The molecule has 0 unspecified atom stereocenters. The summed E-state index contributed by atoms with van der Waals surface area (Å²) in [7, 11) is 0. The van der Waals surface area contributed by atoms with Crippen molar-refractivity contribution in [2.75, 3.05) is 0 Å². The maximum absolute atomic E-state index is 10.7. The lowest BCUT2D eigenvalue weighted by molar-refractivity contribution is 0.0693. The Morgan fingerprint density at radius 3 is 2.47 bits per heavy atom. The normalized spacial score (nSPS) is 11.7. The van der Waals surface area contributed by atoms with Gasteiger partial charge in [-0.05, 0) is 19.1 Å². The summed E-state index contributed by atoms with van der Waals surface area (Å²) in [5.41, 5.74) is 5.87. The molecule has 0 fully saturated rings. The van der Waals surface area contributed by atoms with E-state index in [9.17, 15) is 9.90 Å². The summed E-state index contributed by atoms with van der Waals surface area (Å²) < 4.78 is 0.606. The Morgan fingerprint density at radius 2 is 2.07 bits per heavy atom. The minimum absolute atomic E-state index is 0. The molecule has 1 aromatic carbocycles. The minimum Gasteiger partial charge on any atom is -0.507 e. The third-order valence-electron chi connectivity index (χ3n) is 1.85. The Morgan fingerprint density at radius 1 is 1.53 bits per heavy atom. The SMILES string of the molecule is C[C@H](N)c1c(Br)ccc(C(=O)O)c1O.Cl. The topological polar surface area (TPSA) is 83.6 Å². The van der Waals surface area contributed by atoms with E-state index >= 15 is 0 Å². The van der Waals surface area contributed by atoms with E-state index in [0.717, 1.165) is 0 Å². The summed E-state index contributed by atoms with van der Waals surface area (Å²) in [6, 6.07) is 2.46. The Hall–Kier alpha value is -0.780. The van der Waals surface area contributed by atoms with Gasteiger partial charge in [-0.1, -0.05) is 15.9 Å². The van der Waals surface area contributed by atoms with E-state index < -0.39 is 12.0 Å². The van der Waals surface area contributed by atoms with Crippen molar-refractivity contribution in [3.63, 3.8) is 0 Å². The molecule has 0 aliphatic carbocycles. The van der Waals surface area contributed by atoms with E-state index in [-0.39, 0.29) is 23.7 Å². The zero-order valence-electron chi connectivity index (χ0n) is 7.90. The molecule has 84 valence electrons. The van der Waals surface area contributed by atoms with Crippen LogP contribution in [-0.2, 0) is 0 Å². The van der Waals surface area contributed by atoms with E-state index in [1.807, 2.05) is 0 Å². The molecule has 1 rings (SSSR count). The highest BCUT2D eigenvalue weighted by Crippen LogP contribution is 2.33. The molecule has 0 aromatic heterocycles. The van der Waals surface area contributed by atoms with Crippen LogP contribution < -0.4 is 5.73 Å². The number of hydrogen-bond donors (Lipinski definition) is 3. The summed E-state index contributed by atoms with van der Waals surface area (Å²) in [5.74, 6) is -1.45. The Bertz CT molecular complexity index is 382. The first-order chi connectivity index (χ1) is 6.45. The molecule has 4 nitrogen and oxygen atoms in total. The van der Waals surface area contributed by atoms with Crippen molar-refractivity contribution in [1.82, 2.24) is 0 Å². The van der Waals surface area contributed by atoms with Gasteiger partial charge < -0.3 is 15.9 Å². The first kappa shape index (κ1) is 14.2. The van der Waals surface area contributed by atoms with Crippen molar-refractivity contribution in [1.29, 1.82) is 0 Å². The summed E-state index contributed by atoms with van der Waals surface area (Å²) >= 11 is 3.20. The first-order valence-corrected chi connectivity index (χ1v) is 4.74. The van der Waals surface area contributed by atoms with Gasteiger partial charge in [0.1, 0.15) is 11.3 Å². The van der Waals surface area contributed by atoms with Crippen LogP contribution in [-0.4, -0.2) is 16.2 Å². The predicted molar refractivity (Wildman–Crippen MR) is 62.6 cm³/mol. The number of halogens is 2. The smallest absolute Gasteiger partial charge is 0.339 e. The van der Waals surface area contributed by atoms with Gasteiger partial charge in [0.2, 0.25) is 0 Å². The van der Waals surface area contributed by atoms with Gasteiger partial charge in [-0.15, -0.1) is 12.4 Å². The van der Waals surface area contributed by atoms with Gasteiger partial charge in [-0.25, -0.2) is 4.79 Å². The van der Waals surface area contributed by atoms with Crippen LogP contribution >= 0.6 is 28.3 Å². The molecule has 1 aromatic rings. The maximum atomic E-state index is 10.7. The van der Waals surface area contributed by atoms with Crippen LogP contribution in [0.4, 0.5) is 0 Å². The lowest BCUT2D eigenvalue weighted by atomic mass is 10.0. The lowest BCUT2D eigenvalue weighted by Crippen LogP contribution is -2.08. The number of aromatic hydroxyl groups is 1. The molecule has 0 saturated heterocycles. The number of benzene rings is 1. The van der Waals surface area contributed by atoms with E-state index in [4.69, 9.17) is 10.8 Å².